The highest BCUT2D eigenvalue weighted by molar-refractivity contribution is 7.12. The molecule has 0 fully saturated rings. The number of hydrogen-bond acceptors (Lipinski definition) is 2. The van der Waals surface area contributed by atoms with Crippen molar-refractivity contribution in [2.45, 2.75) is 38.7 Å². The van der Waals surface area contributed by atoms with E-state index in [1.807, 2.05) is 12.1 Å². The minimum atomic E-state index is -0.705. The van der Waals surface area contributed by atoms with E-state index in [1.54, 1.807) is 23.5 Å². The molecule has 2 aromatic rings. The van der Waals surface area contributed by atoms with Crippen molar-refractivity contribution in [3.63, 3.8) is 0 Å². The second-order valence-electron chi connectivity index (χ2n) is 5.88. The summed E-state index contributed by atoms with van der Waals surface area (Å²) in [4.78, 5) is 2.06. The fraction of sp³-hybridized carbons (Fsp3) is 0.375. The van der Waals surface area contributed by atoms with E-state index in [1.165, 1.54) is 10.9 Å². The molecular formula is C16H18ClFOS. The van der Waals surface area contributed by atoms with Crippen LogP contribution in [0.25, 0.3) is 0 Å². The highest BCUT2D eigenvalue weighted by atomic mass is 35.5. The van der Waals surface area contributed by atoms with Gasteiger partial charge in [-0.3, -0.25) is 0 Å². The predicted molar refractivity (Wildman–Crippen MR) is 83.1 cm³/mol. The summed E-state index contributed by atoms with van der Waals surface area (Å²) in [6.07, 6.45) is -0.472. The monoisotopic (exact) mass is 312 g/mol. The molecule has 1 aromatic heterocycles. The number of thiophene rings is 1. The van der Waals surface area contributed by atoms with Crippen molar-refractivity contribution in [3.8, 4) is 0 Å². The van der Waals surface area contributed by atoms with Gasteiger partial charge in [-0.05, 0) is 29.2 Å². The normalized spacial score (nSPS) is 13.5. The van der Waals surface area contributed by atoms with Gasteiger partial charge in [0.2, 0.25) is 0 Å². The van der Waals surface area contributed by atoms with E-state index >= 15 is 0 Å². The van der Waals surface area contributed by atoms with Crippen LogP contribution in [-0.2, 0) is 11.8 Å². The molecule has 1 unspecified atom stereocenters. The van der Waals surface area contributed by atoms with Crippen LogP contribution in [0.2, 0.25) is 5.02 Å². The standard InChI is InChI=1S/C16H18ClFOS/c1-16(2,3)14-8-7-13(20-14)12(19)9-10-5-4-6-11(17)15(10)18/h4-8,12,19H,9H2,1-3H3. The Balaban J connectivity index is 2.18. The van der Waals surface area contributed by atoms with Crippen molar-refractivity contribution in [1.29, 1.82) is 0 Å². The third-order valence-electron chi connectivity index (χ3n) is 3.14. The van der Waals surface area contributed by atoms with E-state index in [0.29, 0.717) is 5.56 Å². The largest absolute Gasteiger partial charge is 0.387 e. The van der Waals surface area contributed by atoms with Crippen molar-refractivity contribution in [2.75, 3.05) is 0 Å². The van der Waals surface area contributed by atoms with Crippen LogP contribution in [0.4, 0.5) is 4.39 Å². The molecule has 108 valence electrons. The lowest BCUT2D eigenvalue weighted by molar-refractivity contribution is 0.181. The summed E-state index contributed by atoms with van der Waals surface area (Å²) >= 11 is 7.33. The maximum absolute atomic E-state index is 13.8. The van der Waals surface area contributed by atoms with E-state index < -0.39 is 11.9 Å². The van der Waals surface area contributed by atoms with Gasteiger partial charge in [-0.25, -0.2) is 4.39 Å². The molecule has 0 radical (unpaired) electrons. The van der Waals surface area contributed by atoms with E-state index in [4.69, 9.17) is 11.6 Å². The van der Waals surface area contributed by atoms with Gasteiger partial charge in [-0.1, -0.05) is 44.5 Å². The Morgan fingerprint density at radius 2 is 1.95 bits per heavy atom. The number of halogens is 2. The third-order valence-corrected chi connectivity index (χ3v) is 5.04. The summed E-state index contributed by atoms with van der Waals surface area (Å²) in [6.45, 7) is 6.39. The van der Waals surface area contributed by atoms with Gasteiger partial charge in [-0.2, -0.15) is 0 Å². The smallest absolute Gasteiger partial charge is 0.145 e. The average molecular weight is 313 g/mol. The van der Waals surface area contributed by atoms with Gasteiger partial charge in [0.15, 0.2) is 0 Å². The molecule has 0 aliphatic heterocycles. The first-order chi connectivity index (χ1) is 9.29. The van der Waals surface area contributed by atoms with Crippen LogP contribution in [0.15, 0.2) is 30.3 Å². The second-order valence-corrected chi connectivity index (χ2v) is 7.41. The zero-order chi connectivity index (χ0) is 14.9. The van der Waals surface area contributed by atoms with Gasteiger partial charge in [0.1, 0.15) is 5.82 Å². The molecule has 1 atom stereocenters. The lowest BCUT2D eigenvalue weighted by Gasteiger charge is -2.16. The Morgan fingerprint density at radius 1 is 1.25 bits per heavy atom. The predicted octanol–water partition coefficient (Wildman–Crippen LogP) is 5.11. The van der Waals surface area contributed by atoms with Crippen LogP contribution >= 0.6 is 22.9 Å². The van der Waals surface area contributed by atoms with Gasteiger partial charge in [0.05, 0.1) is 11.1 Å². The van der Waals surface area contributed by atoms with Crippen molar-refractivity contribution < 1.29 is 9.50 Å². The number of aliphatic hydroxyl groups is 1. The van der Waals surface area contributed by atoms with E-state index in [0.717, 1.165) is 4.88 Å². The zero-order valence-corrected chi connectivity index (χ0v) is 13.4. The Bertz CT molecular complexity index is 601. The average Bonchev–Trinajstić information content (AvgIpc) is 2.84. The maximum Gasteiger partial charge on any atom is 0.145 e. The summed E-state index contributed by atoms with van der Waals surface area (Å²) in [5.74, 6) is -0.444. The van der Waals surface area contributed by atoms with Crippen LogP contribution < -0.4 is 0 Å². The summed E-state index contributed by atoms with van der Waals surface area (Å²) in [6, 6.07) is 8.80. The van der Waals surface area contributed by atoms with E-state index in [2.05, 4.69) is 20.8 Å². The summed E-state index contributed by atoms with van der Waals surface area (Å²) in [7, 11) is 0. The molecule has 4 heteroatoms. The van der Waals surface area contributed by atoms with E-state index in [-0.39, 0.29) is 16.9 Å². The van der Waals surface area contributed by atoms with Crippen LogP contribution in [0.3, 0.4) is 0 Å². The van der Waals surface area contributed by atoms with Gasteiger partial charge < -0.3 is 5.11 Å². The molecule has 2 rings (SSSR count). The number of hydrogen-bond donors (Lipinski definition) is 1. The van der Waals surface area contributed by atoms with Crippen LogP contribution in [0.5, 0.6) is 0 Å². The molecule has 20 heavy (non-hydrogen) atoms. The van der Waals surface area contributed by atoms with Gasteiger partial charge in [0, 0.05) is 16.2 Å². The first-order valence-corrected chi connectivity index (χ1v) is 7.69. The fourth-order valence-electron chi connectivity index (χ4n) is 1.95. The highest BCUT2D eigenvalue weighted by Gasteiger charge is 2.20. The van der Waals surface area contributed by atoms with Crippen molar-refractivity contribution in [2.24, 2.45) is 0 Å². The number of benzene rings is 1. The Labute approximate surface area is 128 Å². The molecule has 0 spiro atoms. The summed E-state index contributed by atoms with van der Waals surface area (Å²) in [5.41, 5.74) is 0.500. The first kappa shape index (κ1) is 15.5. The third kappa shape index (κ3) is 3.40. The molecule has 0 bridgehead atoms. The lowest BCUT2D eigenvalue weighted by Crippen LogP contribution is -2.08. The molecule has 0 saturated heterocycles. The summed E-state index contributed by atoms with van der Waals surface area (Å²) < 4.78 is 13.8. The Kier molecular flexibility index (Phi) is 4.52. The summed E-state index contributed by atoms with van der Waals surface area (Å²) in [5, 5.41) is 10.4. The minimum Gasteiger partial charge on any atom is -0.387 e. The van der Waals surface area contributed by atoms with Crippen LogP contribution in [-0.4, -0.2) is 5.11 Å². The number of aliphatic hydroxyl groups excluding tert-OH is 1. The van der Waals surface area contributed by atoms with E-state index in [9.17, 15) is 9.50 Å². The molecular weight excluding hydrogens is 295 g/mol. The maximum atomic E-state index is 13.8. The zero-order valence-electron chi connectivity index (χ0n) is 11.8. The molecule has 0 aliphatic rings. The van der Waals surface area contributed by atoms with Crippen LogP contribution in [0, 0.1) is 5.82 Å². The molecule has 0 saturated carbocycles. The number of rotatable bonds is 3. The van der Waals surface area contributed by atoms with Crippen LogP contribution in [0.1, 0.15) is 42.2 Å². The highest BCUT2D eigenvalue weighted by Crippen LogP contribution is 2.34. The molecule has 0 aliphatic carbocycles. The quantitative estimate of drug-likeness (QED) is 0.834. The lowest BCUT2D eigenvalue weighted by atomic mass is 9.95. The van der Waals surface area contributed by atoms with Crippen molar-refractivity contribution in [1.82, 2.24) is 0 Å². The molecule has 1 N–H and O–H groups in total. The Morgan fingerprint density at radius 3 is 2.55 bits per heavy atom. The molecule has 0 amide bonds. The SMILES string of the molecule is CC(C)(C)c1ccc(C(O)Cc2cccc(Cl)c2F)s1. The molecule has 1 nitrogen and oxygen atoms in total. The topological polar surface area (TPSA) is 20.2 Å². The second kappa shape index (κ2) is 5.84. The fourth-order valence-corrected chi connectivity index (χ4v) is 3.20. The Hall–Kier alpha value is -0.900. The van der Waals surface area contributed by atoms with Gasteiger partial charge >= 0.3 is 0 Å². The van der Waals surface area contributed by atoms with Gasteiger partial charge in [0.25, 0.3) is 0 Å². The molecule has 1 aromatic carbocycles. The minimum absolute atomic E-state index is 0.0595. The molecule has 1 heterocycles. The van der Waals surface area contributed by atoms with Gasteiger partial charge in [-0.15, -0.1) is 11.3 Å². The van der Waals surface area contributed by atoms with Crippen molar-refractivity contribution in [3.05, 3.63) is 56.5 Å². The first-order valence-electron chi connectivity index (χ1n) is 6.50. The van der Waals surface area contributed by atoms with Crippen molar-refractivity contribution >= 4 is 22.9 Å².